The average Bonchev–Trinajstić information content (AvgIpc) is 2.98. The normalized spacial score (nSPS) is 20.1. The van der Waals surface area contributed by atoms with Gasteiger partial charge in [0.05, 0.1) is 26.9 Å². The van der Waals surface area contributed by atoms with Crippen molar-refractivity contribution in [1.29, 1.82) is 0 Å². The lowest BCUT2D eigenvalue weighted by atomic mass is 10.0. The second-order valence-electron chi connectivity index (χ2n) is 4.55. The predicted octanol–water partition coefficient (Wildman–Crippen LogP) is 1.48. The van der Waals surface area contributed by atoms with Gasteiger partial charge in [-0.3, -0.25) is 0 Å². The summed E-state index contributed by atoms with van der Waals surface area (Å²) in [6, 6.07) is 5.30. The largest absolute Gasteiger partial charge is 0.496 e. The van der Waals surface area contributed by atoms with Gasteiger partial charge in [-0.1, -0.05) is 0 Å². The van der Waals surface area contributed by atoms with Gasteiger partial charge in [-0.15, -0.1) is 0 Å². The van der Waals surface area contributed by atoms with E-state index in [-0.39, 0.29) is 12.5 Å². The summed E-state index contributed by atoms with van der Waals surface area (Å²) in [6.45, 7) is 1.56. The number of ether oxygens (including phenoxy) is 4. The quantitative estimate of drug-likeness (QED) is 0.847. The van der Waals surface area contributed by atoms with Crippen LogP contribution in [0, 0.1) is 5.92 Å². The minimum Gasteiger partial charge on any atom is -0.496 e. The molecule has 0 aromatic heterocycles. The Morgan fingerprint density at radius 2 is 1.84 bits per heavy atom. The predicted molar refractivity (Wildman–Crippen MR) is 70.0 cm³/mol. The molecule has 0 bridgehead atoms. The molecule has 0 aliphatic carbocycles. The molecule has 1 N–H and O–H groups in total. The lowest BCUT2D eigenvalue weighted by Gasteiger charge is -2.17. The van der Waals surface area contributed by atoms with Crippen LogP contribution in [0.1, 0.15) is 6.42 Å². The molecule has 5 heteroatoms. The summed E-state index contributed by atoms with van der Waals surface area (Å²) >= 11 is 0. The highest BCUT2D eigenvalue weighted by Gasteiger charge is 2.24. The van der Waals surface area contributed by atoms with Crippen LogP contribution >= 0.6 is 0 Å². The van der Waals surface area contributed by atoms with Crippen LogP contribution in [0.2, 0.25) is 0 Å². The summed E-state index contributed by atoms with van der Waals surface area (Å²) in [5.41, 5.74) is 0. The zero-order valence-electron chi connectivity index (χ0n) is 11.3. The number of methoxy groups -OCH3 is 2. The minimum atomic E-state index is -0.514. The first kappa shape index (κ1) is 14.0. The number of aliphatic hydroxyl groups is 1. The van der Waals surface area contributed by atoms with Crippen molar-refractivity contribution >= 4 is 0 Å². The molecule has 1 fully saturated rings. The van der Waals surface area contributed by atoms with Gasteiger partial charge in [0.2, 0.25) is 0 Å². The lowest BCUT2D eigenvalue weighted by Crippen LogP contribution is -2.27. The van der Waals surface area contributed by atoms with E-state index < -0.39 is 6.10 Å². The summed E-state index contributed by atoms with van der Waals surface area (Å²) in [4.78, 5) is 0. The van der Waals surface area contributed by atoms with E-state index in [1.165, 1.54) is 0 Å². The molecule has 1 aliphatic heterocycles. The monoisotopic (exact) mass is 268 g/mol. The Balaban J connectivity index is 1.94. The Kier molecular flexibility index (Phi) is 4.87. The SMILES string of the molecule is COc1cc(OC)cc(OCC(O)C2CCOC2)c1. The molecule has 0 saturated carbocycles. The van der Waals surface area contributed by atoms with Gasteiger partial charge in [-0.25, -0.2) is 0 Å². The van der Waals surface area contributed by atoms with Crippen molar-refractivity contribution in [3.63, 3.8) is 0 Å². The van der Waals surface area contributed by atoms with Gasteiger partial charge in [-0.05, 0) is 6.42 Å². The Labute approximate surface area is 113 Å². The first-order valence-electron chi connectivity index (χ1n) is 6.34. The van der Waals surface area contributed by atoms with Gasteiger partial charge < -0.3 is 24.1 Å². The molecule has 2 atom stereocenters. The fourth-order valence-electron chi connectivity index (χ4n) is 2.04. The number of hydrogen-bond acceptors (Lipinski definition) is 5. The maximum atomic E-state index is 10.00. The fourth-order valence-corrected chi connectivity index (χ4v) is 2.04. The zero-order valence-corrected chi connectivity index (χ0v) is 11.3. The van der Waals surface area contributed by atoms with E-state index in [1.54, 1.807) is 32.4 Å². The highest BCUT2D eigenvalue weighted by atomic mass is 16.5. The molecule has 1 aromatic rings. The maximum Gasteiger partial charge on any atom is 0.126 e. The molecular formula is C14H20O5. The molecule has 0 radical (unpaired) electrons. The molecule has 0 amide bonds. The third kappa shape index (κ3) is 3.75. The number of rotatable bonds is 6. The number of aliphatic hydroxyl groups excluding tert-OH is 1. The molecular weight excluding hydrogens is 248 g/mol. The molecule has 1 saturated heterocycles. The lowest BCUT2D eigenvalue weighted by molar-refractivity contribution is 0.0498. The summed E-state index contributed by atoms with van der Waals surface area (Å²) in [7, 11) is 3.17. The van der Waals surface area contributed by atoms with E-state index in [1.807, 2.05) is 0 Å². The van der Waals surface area contributed by atoms with Crippen LogP contribution in [-0.4, -0.2) is 45.3 Å². The molecule has 1 aliphatic rings. The maximum absolute atomic E-state index is 10.00. The van der Waals surface area contributed by atoms with Crippen molar-refractivity contribution in [2.45, 2.75) is 12.5 Å². The zero-order chi connectivity index (χ0) is 13.7. The van der Waals surface area contributed by atoms with E-state index >= 15 is 0 Å². The molecule has 2 rings (SSSR count). The summed E-state index contributed by atoms with van der Waals surface area (Å²) in [6.07, 6.45) is 0.367. The van der Waals surface area contributed by atoms with Gasteiger partial charge in [0.15, 0.2) is 0 Å². The van der Waals surface area contributed by atoms with Crippen LogP contribution in [0.15, 0.2) is 18.2 Å². The van der Waals surface area contributed by atoms with Crippen molar-refractivity contribution < 1.29 is 24.1 Å². The Morgan fingerprint density at radius 1 is 1.21 bits per heavy atom. The first-order valence-corrected chi connectivity index (χ1v) is 6.34. The Hall–Kier alpha value is -1.46. The van der Waals surface area contributed by atoms with Gasteiger partial charge in [-0.2, -0.15) is 0 Å². The summed E-state index contributed by atoms with van der Waals surface area (Å²) in [5.74, 6) is 2.10. The van der Waals surface area contributed by atoms with Gasteiger partial charge >= 0.3 is 0 Å². The third-order valence-electron chi connectivity index (χ3n) is 3.25. The Morgan fingerprint density at radius 3 is 2.37 bits per heavy atom. The second-order valence-corrected chi connectivity index (χ2v) is 4.55. The van der Waals surface area contributed by atoms with Crippen LogP contribution in [0.3, 0.4) is 0 Å². The van der Waals surface area contributed by atoms with Crippen LogP contribution < -0.4 is 14.2 Å². The summed E-state index contributed by atoms with van der Waals surface area (Å²) in [5, 5.41) is 10.00. The van der Waals surface area contributed by atoms with Crippen molar-refractivity contribution in [2.24, 2.45) is 5.92 Å². The molecule has 5 nitrogen and oxygen atoms in total. The van der Waals surface area contributed by atoms with E-state index in [4.69, 9.17) is 18.9 Å². The van der Waals surface area contributed by atoms with Crippen molar-refractivity contribution in [3.8, 4) is 17.2 Å². The van der Waals surface area contributed by atoms with Crippen LogP contribution in [0.5, 0.6) is 17.2 Å². The Bertz CT molecular complexity index is 379. The molecule has 1 heterocycles. The molecule has 19 heavy (non-hydrogen) atoms. The highest BCUT2D eigenvalue weighted by molar-refractivity contribution is 5.41. The van der Waals surface area contributed by atoms with Crippen LogP contribution in [-0.2, 0) is 4.74 Å². The van der Waals surface area contributed by atoms with Crippen LogP contribution in [0.25, 0.3) is 0 Å². The average molecular weight is 268 g/mol. The van der Waals surface area contributed by atoms with E-state index in [0.29, 0.717) is 30.5 Å². The van der Waals surface area contributed by atoms with Crippen molar-refractivity contribution in [3.05, 3.63) is 18.2 Å². The van der Waals surface area contributed by atoms with E-state index in [2.05, 4.69) is 0 Å². The molecule has 106 valence electrons. The molecule has 1 aromatic carbocycles. The fraction of sp³-hybridized carbons (Fsp3) is 0.571. The summed E-state index contributed by atoms with van der Waals surface area (Å²) < 4.78 is 21.2. The van der Waals surface area contributed by atoms with Gasteiger partial charge in [0.1, 0.15) is 23.9 Å². The van der Waals surface area contributed by atoms with E-state index in [0.717, 1.165) is 6.42 Å². The smallest absolute Gasteiger partial charge is 0.126 e. The second kappa shape index (κ2) is 6.63. The highest BCUT2D eigenvalue weighted by Crippen LogP contribution is 2.28. The molecule has 0 spiro atoms. The minimum absolute atomic E-state index is 0.160. The number of hydrogen-bond donors (Lipinski definition) is 1. The standard InChI is InChI=1S/C14H20O5/c1-16-11-5-12(17-2)7-13(6-11)19-9-14(15)10-3-4-18-8-10/h5-7,10,14-15H,3-4,8-9H2,1-2H3. The first-order chi connectivity index (χ1) is 9.22. The third-order valence-corrected chi connectivity index (χ3v) is 3.25. The van der Waals surface area contributed by atoms with E-state index in [9.17, 15) is 5.11 Å². The number of benzene rings is 1. The van der Waals surface area contributed by atoms with Gasteiger partial charge in [0, 0.05) is 30.7 Å². The van der Waals surface area contributed by atoms with Crippen molar-refractivity contribution in [1.82, 2.24) is 0 Å². The topological polar surface area (TPSA) is 57.2 Å². The van der Waals surface area contributed by atoms with Crippen molar-refractivity contribution in [2.75, 3.05) is 34.0 Å². The van der Waals surface area contributed by atoms with Crippen LogP contribution in [0.4, 0.5) is 0 Å². The van der Waals surface area contributed by atoms with Gasteiger partial charge in [0.25, 0.3) is 0 Å². The molecule has 2 unspecified atom stereocenters.